The van der Waals surface area contributed by atoms with E-state index in [1.165, 1.54) is 32.4 Å². The number of amides is 1. The minimum atomic E-state index is 0.0163. The van der Waals surface area contributed by atoms with Crippen LogP contribution in [0.3, 0.4) is 0 Å². The van der Waals surface area contributed by atoms with Crippen LogP contribution in [0.1, 0.15) is 36.0 Å². The molecule has 1 aliphatic heterocycles. The van der Waals surface area contributed by atoms with Crippen LogP contribution in [0.5, 0.6) is 0 Å². The molecule has 0 saturated carbocycles. The van der Waals surface area contributed by atoms with Gasteiger partial charge in [-0.1, -0.05) is 18.6 Å². The normalized spacial score (nSPS) is 16.4. The molecule has 1 aromatic rings. The Kier molecular flexibility index (Phi) is 5.21. The van der Waals surface area contributed by atoms with Crippen molar-refractivity contribution in [2.24, 2.45) is 0 Å². The lowest BCUT2D eigenvalue weighted by molar-refractivity contribution is 0.0951. The number of nitrogens with zero attached hydrogens (tertiary/aromatic N) is 1. The summed E-state index contributed by atoms with van der Waals surface area (Å²) in [6, 6.07) is 10.0. The van der Waals surface area contributed by atoms with Crippen LogP contribution >= 0.6 is 0 Å². The fraction of sp³-hybridized carbons (Fsp3) is 0.533. The Hall–Kier alpha value is -1.35. The van der Waals surface area contributed by atoms with Gasteiger partial charge in [0, 0.05) is 12.1 Å². The number of nitrogens with one attached hydrogen (secondary N) is 1. The number of hydrogen-bond acceptors (Lipinski definition) is 2. The molecule has 1 saturated heterocycles. The summed E-state index contributed by atoms with van der Waals surface area (Å²) in [4.78, 5) is 14.3. The van der Waals surface area contributed by atoms with Gasteiger partial charge in [0.15, 0.2) is 0 Å². The van der Waals surface area contributed by atoms with E-state index in [1.807, 2.05) is 0 Å². The number of carbonyl (C=O) groups is 1. The van der Waals surface area contributed by atoms with Gasteiger partial charge in [-0.25, -0.2) is 0 Å². The third kappa shape index (κ3) is 4.15. The molecule has 0 spiro atoms. The summed E-state index contributed by atoms with van der Waals surface area (Å²) in [6.45, 7) is 4.31. The van der Waals surface area contributed by atoms with E-state index < -0.39 is 0 Å². The summed E-state index contributed by atoms with van der Waals surface area (Å²) < 4.78 is 0. The molecule has 3 nitrogen and oxygen atoms in total. The topological polar surface area (TPSA) is 32.3 Å². The highest BCUT2D eigenvalue weighted by molar-refractivity contribution is 5.94. The molecule has 1 N–H and O–H groups in total. The molecular weight excluding hydrogens is 224 g/mol. The van der Waals surface area contributed by atoms with E-state index in [0.29, 0.717) is 5.56 Å². The van der Waals surface area contributed by atoms with Gasteiger partial charge in [-0.3, -0.25) is 4.79 Å². The van der Waals surface area contributed by atoms with Crippen molar-refractivity contribution in [1.29, 1.82) is 0 Å². The molecule has 0 aromatic heterocycles. The second-order valence-electron chi connectivity index (χ2n) is 4.80. The molecule has 97 valence electrons. The zero-order chi connectivity index (χ0) is 12.6. The SMILES string of the molecule is O=C(NCCCN1CCCCC1)c1cc[c]cc1. The van der Waals surface area contributed by atoms with E-state index in [0.717, 1.165) is 19.5 Å². The van der Waals surface area contributed by atoms with E-state index in [1.54, 1.807) is 24.3 Å². The van der Waals surface area contributed by atoms with E-state index in [-0.39, 0.29) is 5.91 Å². The predicted molar refractivity (Wildman–Crippen MR) is 72.5 cm³/mol. The second-order valence-corrected chi connectivity index (χ2v) is 4.80. The van der Waals surface area contributed by atoms with Gasteiger partial charge >= 0.3 is 0 Å². The summed E-state index contributed by atoms with van der Waals surface area (Å²) in [6.07, 6.45) is 5.06. The van der Waals surface area contributed by atoms with Crippen molar-refractivity contribution in [1.82, 2.24) is 10.2 Å². The number of likely N-dealkylation sites (tertiary alicyclic amines) is 1. The van der Waals surface area contributed by atoms with E-state index in [9.17, 15) is 4.79 Å². The summed E-state index contributed by atoms with van der Waals surface area (Å²) in [7, 11) is 0. The minimum absolute atomic E-state index is 0.0163. The largest absolute Gasteiger partial charge is 0.352 e. The quantitative estimate of drug-likeness (QED) is 0.806. The van der Waals surface area contributed by atoms with Gasteiger partial charge in [-0.15, -0.1) is 0 Å². The molecule has 2 rings (SSSR count). The summed E-state index contributed by atoms with van der Waals surface area (Å²) in [5, 5.41) is 2.96. The predicted octanol–water partition coefficient (Wildman–Crippen LogP) is 2.09. The highest BCUT2D eigenvalue weighted by Crippen LogP contribution is 2.08. The zero-order valence-corrected chi connectivity index (χ0v) is 10.8. The molecule has 1 aromatic carbocycles. The molecule has 0 atom stereocenters. The monoisotopic (exact) mass is 245 g/mol. The van der Waals surface area contributed by atoms with Crippen molar-refractivity contribution < 1.29 is 4.79 Å². The van der Waals surface area contributed by atoms with Gasteiger partial charge in [-0.05, 0) is 57.1 Å². The molecule has 1 amide bonds. The Balaban J connectivity index is 1.62. The Morgan fingerprint density at radius 1 is 1.22 bits per heavy atom. The van der Waals surface area contributed by atoms with Crippen LogP contribution in [-0.4, -0.2) is 37.0 Å². The third-order valence-corrected chi connectivity index (χ3v) is 3.37. The van der Waals surface area contributed by atoms with Gasteiger partial charge in [0.25, 0.3) is 5.91 Å². The zero-order valence-electron chi connectivity index (χ0n) is 10.8. The average Bonchev–Trinajstić information content (AvgIpc) is 2.45. The van der Waals surface area contributed by atoms with Crippen LogP contribution in [-0.2, 0) is 0 Å². The van der Waals surface area contributed by atoms with Gasteiger partial charge in [0.05, 0.1) is 0 Å². The first-order chi connectivity index (χ1) is 8.86. The highest BCUT2D eigenvalue weighted by Gasteiger charge is 2.09. The van der Waals surface area contributed by atoms with Gasteiger partial charge in [-0.2, -0.15) is 0 Å². The summed E-state index contributed by atoms with van der Waals surface area (Å²) in [5.74, 6) is 0.0163. The number of benzene rings is 1. The van der Waals surface area contributed by atoms with E-state index in [2.05, 4.69) is 16.3 Å². The molecule has 1 fully saturated rings. The van der Waals surface area contributed by atoms with Crippen molar-refractivity contribution in [2.75, 3.05) is 26.2 Å². The van der Waals surface area contributed by atoms with Crippen molar-refractivity contribution >= 4 is 5.91 Å². The van der Waals surface area contributed by atoms with Crippen molar-refractivity contribution in [2.45, 2.75) is 25.7 Å². The van der Waals surface area contributed by atoms with Crippen molar-refractivity contribution in [3.8, 4) is 0 Å². The average molecular weight is 245 g/mol. The van der Waals surface area contributed by atoms with Gasteiger partial charge in [0.1, 0.15) is 0 Å². The highest BCUT2D eigenvalue weighted by atomic mass is 16.1. The molecule has 0 aliphatic carbocycles. The lowest BCUT2D eigenvalue weighted by Crippen LogP contribution is -2.33. The van der Waals surface area contributed by atoms with Crippen LogP contribution in [0.15, 0.2) is 24.3 Å². The van der Waals surface area contributed by atoms with Gasteiger partial charge < -0.3 is 10.2 Å². The van der Waals surface area contributed by atoms with Crippen molar-refractivity contribution in [3.05, 3.63) is 35.9 Å². The van der Waals surface area contributed by atoms with Crippen LogP contribution in [0, 0.1) is 6.07 Å². The molecular formula is C15H21N2O. The second kappa shape index (κ2) is 7.17. The third-order valence-electron chi connectivity index (χ3n) is 3.37. The maximum absolute atomic E-state index is 11.8. The number of rotatable bonds is 5. The first-order valence-electron chi connectivity index (χ1n) is 6.83. The number of carbonyl (C=O) groups excluding carboxylic acids is 1. The smallest absolute Gasteiger partial charge is 0.251 e. The van der Waals surface area contributed by atoms with Crippen LogP contribution in [0.2, 0.25) is 0 Å². The molecule has 0 unspecified atom stereocenters. The lowest BCUT2D eigenvalue weighted by atomic mass is 10.1. The fourth-order valence-electron chi connectivity index (χ4n) is 2.33. The van der Waals surface area contributed by atoms with E-state index in [4.69, 9.17) is 0 Å². The Bertz CT molecular complexity index is 358. The lowest BCUT2D eigenvalue weighted by Gasteiger charge is -2.26. The van der Waals surface area contributed by atoms with Crippen LogP contribution in [0.25, 0.3) is 0 Å². The number of hydrogen-bond donors (Lipinski definition) is 1. The molecule has 3 heteroatoms. The fourth-order valence-corrected chi connectivity index (χ4v) is 2.33. The first-order valence-corrected chi connectivity index (χ1v) is 6.83. The molecule has 0 bridgehead atoms. The standard InChI is InChI=1S/C15H21N2O/c18-15(14-8-3-1-4-9-14)16-10-7-13-17-11-5-2-6-12-17/h3-4,8-9H,2,5-7,10-13H2,(H,16,18). The van der Waals surface area contributed by atoms with Crippen LogP contribution < -0.4 is 5.32 Å². The Labute approximate surface area is 109 Å². The van der Waals surface area contributed by atoms with Gasteiger partial charge in [0.2, 0.25) is 0 Å². The minimum Gasteiger partial charge on any atom is -0.352 e. The Morgan fingerprint density at radius 2 is 1.94 bits per heavy atom. The summed E-state index contributed by atoms with van der Waals surface area (Å²) in [5.41, 5.74) is 0.715. The molecule has 1 radical (unpaired) electrons. The maximum Gasteiger partial charge on any atom is 0.251 e. The number of piperidine rings is 1. The molecule has 18 heavy (non-hydrogen) atoms. The Morgan fingerprint density at radius 3 is 2.67 bits per heavy atom. The molecule has 1 aliphatic rings. The van der Waals surface area contributed by atoms with Crippen LogP contribution in [0.4, 0.5) is 0 Å². The van der Waals surface area contributed by atoms with E-state index >= 15 is 0 Å². The van der Waals surface area contributed by atoms with Crippen molar-refractivity contribution in [3.63, 3.8) is 0 Å². The molecule has 1 heterocycles. The summed E-state index contributed by atoms with van der Waals surface area (Å²) >= 11 is 0. The maximum atomic E-state index is 11.8. The first kappa shape index (κ1) is 13.1.